The third-order valence-electron chi connectivity index (χ3n) is 2.58. The van der Waals surface area contributed by atoms with Crippen LogP contribution in [0.15, 0.2) is 18.2 Å². The normalized spacial score (nSPS) is 9.95. The van der Waals surface area contributed by atoms with Crippen molar-refractivity contribution in [2.45, 2.75) is 20.3 Å². The number of hydrogen-bond donors (Lipinski definition) is 3. The molecule has 0 saturated heterocycles. The Morgan fingerprint density at radius 2 is 1.95 bits per heavy atom. The van der Waals surface area contributed by atoms with Crippen molar-refractivity contribution in [2.75, 3.05) is 25.0 Å². The monoisotopic (exact) mass is 297 g/mol. The second-order valence-electron chi connectivity index (χ2n) is 4.25. The van der Waals surface area contributed by atoms with Gasteiger partial charge in [-0.2, -0.15) is 0 Å². The first kappa shape index (κ1) is 16.3. The van der Waals surface area contributed by atoms with Gasteiger partial charge in [-0.05, 0) is 31.5 Å². The van der Waals surface area contributed by atoms with Crippen LogP contribution < -0.4 is 16.0 Å². The molecule has 0 atom stereocenters. The van der Waals surface area contributed by atoms with E-state index in [0.717, 1.165) is 13.0 Å². The van der Waals surface area contributed by atoms with Crippen molar-refractivity contribution >= 4 is 29.1 Å². The molecule has 0 aliphatic rings. The van der Waals surface area contributed by atoms with Crippen molar-refractivity contribution in [1.29, 1.82) is 0 Å². The number of likely N-dealkylation sites (N-methyl/N-ethyl adjacent to an activating group) is 1. The Hall–Kier alpha value is -1.75. The van der Waals surface area contributed by atoms with Gasteiger partial charge in [0, 0.05) is 23.8 Å². The maximum absolute atomic E-state index is 12.1. The van der Waals surface area contributed by atoms with E-state index in [9.17, 15) is 9.59 Å². The molecule has 20 heavy (non-hydrogen) atoms. The van der Waals surface area contributed by atoms with Gasteiger partial charge in [0.05, 0.1) is 12.1 Å². The van der Waals surface area contributed by atoms with Crippen LogP contribution >= 0.6 is 11.6 Å². The molecule has 0 spiro atoms. The summed E-state index contributed by atoms with van der Waals surface area (Å²) >= 11 is 5.92. The Balaban J connectivity index is 2.74. The molecule has 0 bridgehead atoms. The van der Waals surface area contributed by atoms with Crippen molar-refractivity contribution < 1.29 is 9.59 Å². The van der Waals surface area contributed by atoms with Crippen LogP contribution in [0, 0.1) is 0 Å². The average Bonchev–Trinajstić information content (AvgIpc) is 2.43. The molecular weight excluding hydrogens is 278 g/mol. The highest BCUT2D eigenvalue weighted by atomic mass is 35.5. The minimum atomic E-state index is -0.322. The lowest BCUT2D eigenvalue weighted by Gasteiger charge is -2.12. The van der Waals surface area contributed by atoms with Gasteiger partial charge in [0.2, 0.25) is 5.91 Å². The quantitative estimate of drug-likeness (QED) is 0.721. The van der Waals surface area contributed by atoms with E-state index in [0.29, 0.717) is 22.8 Å². The summed E-state index contributed by atoms with van der Waals surface area (Å²) < 4.78 is 0. The summed E-state index contributed by atoms with van der Waals surface area (Å²) in [6, 6.07) is 5.08. The van der Waals surface area contributed by atoms with Gasteiger partial charge in [-0.25, -0.2) is 0 Å². The maximum Gasteiger partial charge on any atom is 0.253 e. The SMILES string of the molecule is CCCNc1ccc(Cl)cc1C(=O)NCC(=O)NCC. The van der Waals surface area contributed by atoms with Crippen molar-refractivity contribution in [3.63, 3.8) is 0 Å². The summed E-state index contributed by atoms with van der Waals surface area (Å²) in [5.41, 5.74) is 1.15. The second kappa shape index (κ2) is 8.43. The van der Waals surface area contributed by atoms with Gasteiger partial charge < -0.3 is 16.0 Å². The summed E-state index contributed by atoms with van der Waals surface area (Å²) in [6.45, 7) is 5.11. The van der Waals surface area contributed by atoms with Crippen molar-refractivity contribution in [1.82, 2.24) is 10.6 Å². The summed E-state index contributed by atoms with van der Waals surface area (Å²) in [4.78, 5) is 23.4. The molecule has 2 amide bonds. The number of nitrogens with one attached hydrogen (secondary N) is 3. The van der Waals surface area contributed by atoms with E-state index in [1.807, 2.05) is 13.8 Å². The largest absolute Gasteiger partial charge is 0.384 e. The Morgan fingerprint density at radius 3 is 2.60 bits per heavy atom. The number of benzene rings is 1. The van der Waals surface area contributed by atoms with E-state index in [1.165, 1.54) is 0 Å². The molecule has 6 heteroatoms. The van der Waals surface area contributed by atoms with Crippen LogP contribution in [0.2, 0.25) is 5.02 Å². The van der Waals surface area contributed by atoms with Crippen LogP contribution in [0.25, 0.3) is 0 Å². The van der Waals surface area contributed by atoms with E-state index < -0.39 is 0 Å². The molecule has 0 aliphatic carbocycles. The molecule has 5 nitrogen and oxygen atoms in total. The third-order valence-corrected chi connectivity index (χ3v) is 2.81. The fourth-order valence-electron chi connectivity index (χ4n) is 1.63. The number of rotatable bonds is 7. The number of halogens is 1. The first-order valence-corrected chi connectivity index (χ1v) is 7.04. The minimum absolute atomic E-state index is 0.0492. The molecule has 1 rings (SSSR count). The molecule has 0 aliphatic heterocycles. The zero-order chi connectivity index (χ0) is 15.0. The highest BCUT2D eigenvalue weighted by Gasteiger charge is 2.12. The van der Waals surface area contributed by atoms with Crippen LogP contribution in [0.1, 0.15) is 30.6 Å². The molecular formula is C14H20ClN3O2. The highest BCUT2D eigenvalue weighted by molar-refractivity contribution is 6.31. The lowest BCUT2D eigenvalue weighted by Crippen LogP contribution is -2.37. The van der Waals surface area contributed by atoms with E-state index in [4.69, 9.17) is 11.6 Å². The van der Waals surface area contributed by atoms with Crippen molar-refractivity contribution in [3.8, 4) is 0 Å². The van der Waals surface area contributed by atoms with Crippen LogP contribution in [-0.2, 0) is 4.79 Å². The average molecular weight is 298 g/mol. The van der Waals surface area contributed by atoms with Crippen LogP contribution in [0.4, 0.5) is 5.69 Å². The molecule has 110 valence electrons. The van der Waals surface area contributed by atoms with Gasteiger partial charge in [-0.1, -0.05) is 18.5 Å². The lowest BCUT2D eigenvalue weighted by molar-refractivity contribution is -0.120. The standard InChI is InChI=1S/C14H20ClN3O2/c1-3-7-17-12-6-5-10(15)8-11(12)14(20)18-9-13(19)16-4-2/h5-6,8,17H,3-4,7,9H2,1-2H3,(H,16,19)(H,18,20). The van der Waals surface area contributed by atoms with E-state index >= 15 is 0 Å². The smallest absolute Gasteiger partial charge is 0.253 e. The van der Waals surface area contributed by atoms with Gasteiger partial charge >= 0.3 is 0 Å². The summed E-state index contributed by atoms with van der Waals surface area (Å²) in [7, 11) is 0. The van der Waals surface area contributed by atoms with E-state index in [2.05, 4.69) is 16.0 Å². The Labute approximate surface area is 124 Å². The van der Waals surface area contributed by atoms with Gasteiger partial charge in [0.1, 0.15) is 0 Å². The minimum Gasteiger partial charge on any atom is -0.384 e. The van der Waals surface area contributed by atoms with Crippen LogP contribution in [-0.4, -0.2) is 31.4 Å². The predicted octanol–water partition coefficient (Wildman–Crippen LogP) is 2.03. The number of carbonyl (C=O) groups excluding carboxylic acids is 2. The molecule has 0 saturated carbocycles. The maximum atomic E-state index is 12.1. The van der Waals surface area contributed by atoms with Gasteiger partial charge in [0.15, 0.2) is 0 Å². The Bertz CT molecular complexity index is 477. The van der Waals surface area contributed by atoms with Gasteiger partial charge in [-0.15, -0.1) is 0 Å². The number of carbonyl (C=O) groups is 2. The first-order valence-electron chi connectivity index (χ1n) is 6.66. The first-order chi connectivity index (χ1) is 9.58. The van der Waals surface area contributed by atoms with Crippen LogP contribution in [0.5, 0.6) is 0 Å². The molecule has 0 radical (unpaired) electrons. The predicted molar refractivity (Wildman–Crippen MR) is 81.2 cm³/mol. The fraction of sp³-hybridized carbons (Fsp3) is 0.429. The molecule has 3 N–H and O–H groups in total. The Morgan fingerprint density at radius 1 is 1.20 bits per heavy atom. The third kappa shape index (κ3) is 5.09. The summed E-state index contributed by atoms with van der Waals surface area (Å²) in [5, 5.41) is 8.84. The zero-order valence-electron chi connectivity index (χ0n) is 11.8. The van der Waals surface area contributed by atoms with Crippen molar-refractivity contribution in [2.24, 2.45) is 0 Å². The molecule has 0 heterocycles. The van der Waals surface area contributed by atoms with Crippen molar-refractivity contribution in [3.05, 3.63) is 28.8 Å². The fourth-order valence-corrected chi connectivity index (χ4v) is 1.81. The van der Waals surface area contributed by atoms with Gasteiger partial charge in [0.25, 0.3) is 5.91 Å². The topological polar surface area (TPSA) is 70.2 Å². The lowest BCUT2D eigenvalue weighted by atomic mass is 10.1. The van der Waals surface area contributed by atoms with E-state index in [-0.39, 0.29) is 18.4 Å². The number of amides is 2. The number of anilines is 1. The molecule has 0 fully saturated rings. The zero-order valence-corrected chi connectivity index (χ0v) is 12.5. The summed E-state index contributed by atoms with van der Waals surface area (Å²) in [6.07, 6.45) is 0.947. The Kier molecular flexibility index (Phi) is 6.87. The molecule has 0 aromatic heterocycles. The highest BCUT2D eigenvalue weighted by Crippen LogP contribution is 2.20. The summed E-state index contributed by atoms with van der Waals surface area (Å²) in [5.74, 6) is -0.539. The molecule has 1 aromatic rings. The van der Waals surface area contributed by atoms with Crippen LogP contribution in [0.3, 0.4) is 0 Å². The van der Waals surface area contributed by atoms with Gasteiger partial charge in [-0.3, -0.25) is 9.59 Å². The molecule has 0 unspecified atom stereocenters. The molecule has 1 aromatic carbocycles. The second-order valence-corrected chi connectivity index (χ2v) is 4.69. The number of hydrogen-bond acceptors (Lipinski definition) is 3. The van der Waals surface area contributed by atoms with E-state index in [1.54, 1.807) is 18.2 Å².